The minimum atomic E-state index is -0.455. The minimum absolute atomic E-state index is 0.0888. The van der Waals surface area contributed by atoms with Crippen molar-refractivity contribution in [1.29, 1.82) is 0 Å². The van der Waals surface area contributed by atoms with Crippen LogP contribution < -0.4 is 11.1 Å². The molecule has 0 atom stereocenters. The van der Waals surface area contributed by atoms with Gasteiger partial charge in [-0.25, -0.2) is 4.79 Å². The zero-order chi connectivity index (χ0) is 14.1. The number of esters is 1. The fourth-order valence-corrected chi connectivity index (χ4v) is 1.38. The third-order valence-electron chi connectivity index (χ3n) is 2.36. The molecular formula is C13H18N2O4. The van der Waals surface area contributed by atoms with Crippen molar-refractivity contribution in [3.63, 3.8) is 0 Å². The molecule has 0 radical (unpaired) electrons. The quantitative estimate of drug-likeness (QED) is 0.538. The van der Waals surface area contributed by atoms with Crippen LogP contribution >= 0.6 is 0 Å². The number of benzene rings is 1. The number of nitrogens with one attached hydrogen (secondary N) is 1. The van der Waals surface area contributed by atoms with Crippen molar-refractivity contribution in [2.24, 2.45) is 5.73 Å². The molecule has 19 heavy (non-hydrogen) atoms. The number of carbonyl (C=O) groups excluding carboxylic acids is 2. The lowest BCUT2D eigenvalue weighted by atomic mass is 10.1. The molecule has 0 saturated carbocycles. The van der Waals surface area contributed by atoms with Crippen LogP contribution in [0.15, 0.2) is 24.3 Å². The fraction of sp³-hybridized carbons (Fsp3) is 0.385. The molecule has 0 bridgehead atoms. The van der Waals surface area contributed by atoms with Crippen LogP contribution in [-0.2, 0) is 20.8 Å². The topological polar surface area (TPSA) is 90.6 Å². The molecule has 0 heterocycles. The van der Waals surface area contributed by atoms with Gasteiger partial charge in [-0.3, -0.25) is 4.79 Å². The van der Waals surface area contributed by atoms with Crippen molar-refractivity contribution < 1.29 is 19.1 Å². The monoisotopic (exact) mass is 266 g/mol. The van der Waals surface area contributed by atoms with Gasteiger partial charge in [-0.05, 0) is 17.7 Å². The lowest BCUT2D eigenvalue weighted by molar-refractivity contribution is -0.147. The predicted molar refractivity (Wildman–Crippen MR) is 69.5 cm³/mol. The van der Waals surface area contributed by atoms with E-state index in [1.54, 1.807) is 24.3 Å². The van der Waals surface area contributed by atoms with Gasteiger partial charge in [0.15, 0.2) is 0 Å². The summed E-state index contributed by atoms with van der Waals surface area (Å²) in [6.45, 7) is 0.730. The van der Waals surface area contributed by atoms with Crippen molar-refractivity contribution in [3.8, 4) is 0 Å². The second-order valence-electron chi connectivity index (χ2n) is 3.81. The molecule has 104 valence electrons. The van der Waals surface area contributed by atoms with Crippen molar-refractivity contribution >= 4 is 11.9 Å². The van der Waals surface area contributed by atoms with E-state index in [9.17, 15) is 9.59 Å². The van der Waals surface area contributed by atoms with Crippen LogP contribution in [0.25, 0.3) is 0 Å². The van der Waals surface area contributed by atoms with E-state index >= 15 is 0 Å². The molecule has 1 aromatic carbocycles. The molecule has 0 aliphatic heterocycles. The molecule has 0 fully saturated rings. The molecule has 0 aliphatic carbocycles. The van der Waals surface area contributed by atoms with Crippen LogP contribution in [0.5, 0.6) is 0 Å². The van der Waals surface area contributed by atoms with Gasteiger partial charge in [0.25, 0.3) is 5.91 Å². The summed E-state index contributed by atoms with van der Waals surface area (Å²) in [4.78, 5) is 22.7. The van der Waals surface area contributed by atoms with E-state index in [2.05, 4.69) is 10.1 Å². The van der Waals surface area contributed by atoms with E-state index in [4.69, 9.17) is 10.5 Å². The summed E-state index contributed by atoms with van der Waals surface area (Å²) in [5.74, 6) is -0.671. The highest BCUT2D eigenvalue weighted by Gasteiger charge is 2.05. The summed E-state index contributed by atoms with van der Waals surface area (Å²) >= 11 is 0. The molecule has 6 nitrogen and oxygen atoms in total. The average molecular weight is 266 g/mol. The van der Waals surface area contributed by atoms with Crippen LogP contribution in [0.4, 0.5) is 0 Å². The highest BCUT2D eigenvalue weighted by Crippen LogP contribution is 2.03. The minimum Gasteiger partial charge on any atom is -0.462 e. The maximum atomic E-state index is 11.7. The lowest BCUT2D eigenvalue weighted by Gasteiger charge is -2.07. The molecule has 0 saturated heterocycles. The number of hydrogen-bond acceptors (Lipinski definition) is 5. The molecule has 1 aromatic rings. The third kappa shape index (κ3) is 5.50. The average Bonchev–Trinajstić information content (AvgIpc) is 2.44. The van der Waals surface area contributed by atoms with E-state index in [-0.39, 0.29) is 25.7 Å². The number of rotatable bonds is 7. The third-order valence-corrected chi connectivity index (χ3v) is 2.36. The van der Waals surface area contributed by atoms with Crippen LogP contribution in [0.3, 0.4) is 0 Å². The standard InChI is InChI=1S/C13H18N2O4/c1-18-9-12(16)19-7-6-15-13(17)11-4-2-10(8-14)3-5-11/h2-5H,6-9,14H2,1H3,(H,15,17). The Hall–Kier alpha value is -1.92. The first kappa shape index (κ1) is 15.1. The number of amides is 1. The molecule has 1 rings (SSSR count). The lowest BCUT2D eigenvalue weighted by Crippen LogP contribution is -2.28. The smallest absolute Gasteiger partial charge is 0.332 e. The molecule has 0 spiro atoms. The predicted octanol–water partition coefficient (Wildman–Crippen LogP) is 0.0647. The Kier molecular flexibility index (Phi) is 6.56. The number of carbonyl (C=O) groups is 2. The molecule has 0 aliphatic rings. The first-order chi connectivity index (χ1) is 9.17. The highest BCUT2D eigenvalue weighted by atomic mass is 16.6. The van der Waals surface area contributed by atoms with Crippen LogP contribution in [-0.4, -0.2) is 38.7 Å². The van der Waals surface area contributed by atoms with Crippen molar-refractivity contribution in [3.05, 3.63) is 35.4 Å². The van der Waals surface area contributed by atoms with Crippen LogP contribution in [0, 0.1) is 0 Å². The summed E-state index contributed by atoms with van der Waals surface area (Å²) in [7, 11) is 1.41. The van der Waals surface area contributed by atoms with Gasteiger partial charge in [-0.2, -0.15) is 0 Å². The maximum Gasteiger partial charge on any atom is 0.332 e. The van der Waals surface area contributed by atoms with Gasteiger partial charge in [0.2, 0.25) is 0 Å². The Balaban J connectivity index is 2.29. The van der Waals surface area contributed by atoms with Gasteiger partial charge in [-0.15, -0.1) is 0 Å². The SMILES string of the molecule is COCC(=O)OCCNC(=O)c1ccc(CN)cc1. The van der Waals surface area contributed by atoms with Gasteiger partial charge in [0.05, 0.1) is 6.54 Å². The summed E-state index contributed by atoms with van der Waals surface area (Å²) in [6.07, 6.45) is 0. The van der Waals surface area contributed by atoms with Gasteiger partial charge in [-0.1, -0.05) is 12.1 Å². The van der Waals surface area contributed by atoms with Gasteiger partial charge >= 0.3 is 5.97 Å². The van der Waals surface area contributed by atoms with Gasteiger partial charge in [0.1, 0.15) is 13.2 Å². The second-order valence-corrected chi connectivity index (χ2v) is 3.81. The summed E-state index contributed by atoms with van der Waals surface area (Å²) in [6, 6.07) is 7.00. The molecule has 0 aromatic heterocycles. The van der Waals surface area contributed by atoms with E-state index in [1.807, 2.05) is 0 Å². The van der Waals surface area contributed by atoms with Gasteiger partial charge < -0.3 is 20.5 Å². The number of ether oxygens (including phenoxy) is 2. The molecule has 0 unspecified atom stereocenters. The van der Waals surface area contributed by atoms with E-state index in [0.717, 1.165) is 5.56 Å². The molecular weight excluding hydrogens is 248 g/mol. The van der Waals surface area contributed by atoms with E-state index in [0.29, 0.717) is 12.1 Å². The summed E-state index contributed by atoms with van der Waals surface area (Å²) in [5, 5.41) is 2.65. The molecule has 3 N–H and O–H groups in total. The zero-order valence-corrected chi connectivity index (χ0v) is 10.8. The van der Waals surface area contributed by atoms with Crippen LogP contribution in [0.1, 0.15) is 15.9 Å². The normalized spacial score (nSPS) is 10.0. The number of nitrogens with two attached hydrogens (primary N) is 1. The number of methoxy groups -OCH3 is 1. The second kappa shape index (κ2) is 8.23. The Labute approximate surface area is 111 Å². The fourth-order valence-electron chi connectivity index (χ4n) is 1.38. The van der Waals surface area contributed by atoms with Gasteiger partial charge in [0, 0.05) is 19.2 Å². The zero-order valence-electron chi connectivity index (χ0n) is 10.8. The first-order valence-electron chi connectivity index (χ1n) is 5.89. The molecule has 6 heteroatoms. The summed E-state index contributed by atoms with van der Waals surface area (Å²) < 4.78 is 9.41. The molecule has 1 amide bonds. The number of hydrogen-bond donors (Lipinski definition) is 2. The first-order valence-corrected chi connectivity index (χ1v) is 5.89. The highest BCUT2D eigenvalue weighted by molar-refractivity contribution is 5.94. The van der Waals surface area contributed by atoms with E-state index < -0.39 is 5.97 Å². The van der Waals surface area contributed by atoms with Crippen molar-refractivity contribution in [1.82, 2.24) is 5.32 Å². The van der Waals surface area contributed by atoms with Crippen LogP contribution in [0.2, 0.25) is 0 Å². The maximum absolute atomic E-state index is 11.7. The van der Waals surface area contributed by atoms with Crippen molar-refractivity contribution in [2.45, 2.75) is 6.54 Å². The Morgan fingerprint density at radius 2 is 1.95 bits per heavy atom. The Bertz CT molecular complexity index is 417. The largest absolute Gasteiger partial charge is 0.462 e. The Morgan fingerprint density at radius 1 is 1.26 bits per heavy atom. The Morgan fingerprint density at radius 3 is 2.53 bits per heavy atom. The summed E-state index contributed by atoms with van der Waals surface area (Å²) in [5.41, 5.74) is 6.97. The van der Waals surface area contributed by atoms with E-state index in [1.165, 1.54) is 7.11 Å². The van der Waals surface area contributed by atoms with Crippen molar-refractivity contribution in [2.75, 3.05) is 26.9 Å².